The molecule has 2 aliphatic heterocycles. The second-order valence-corrected chi connectivity index (χ2v) is 11.2. The van der Waals surface area contributed by atoms with E-state index in [0.29, 0.717) is 36.4 Å². The summed E-state index contributed by atoms with van der Waals surface area (Å²) in [6.45, 7) is 5.38. The van der Waals surface area contributed by atoms with Crippen LogP contribution in [0, 0.1) is 5.82 Å². The summed E-state index contributed by atoms with van der Waals surface area (Å²) in [5.41, 5.74) is -0.654. The number of piperidine rings is 1. The third-order valence-corrected chi connectivity index (χ3v) is 7.50. The van der Waals surface area contributed by atoms with Gasteiger partial charge in [-0.2, -0.15) is 0 Å². The molecule has 4 heterocycles. The largest absolute Gasteiger partial charge is 0.496 e. The van der Waals surface area contributed by atoms with E-state index >= 15 is 4.39 Å². The minimum Gasteiger partial charge on any atom is -0.496 e. The van der Waals surface area contributed by atoms with Gasteiger partial charge in [-0.1, -0.05) is 0 Å². The smallest absolute Gasteiger partial charge is 0.410 e. The molecular weight excluding hydrogens is 510 g/mol. The van der Waals surface area contributed by atoms with Crippen LogP contribution in [0.5, 0.6) is 5.75 Å². The number of alkyl halides is 1. The number of carbonyl (C=O) groups is 1. The van der Waals surface area contributed by atoms with Crippen LogP contribution in [-0.2, 0) is 11.8 Å². The van der Waals surface area contributed by atoms with Crippen molar-refractivity contribution in [3.05, 3.63) is 40.7 Å². The van der Waals surface area contributed by atoms with Crippen molar-refractivity contribution in [2.45, 2.75) is 69.9 Å². The van der Waals surface area contributed by atoms with E-state index in [1.807, 2.05) is 0 Å². The van der Waals surface area contributed by atoms with E-state index in [1.165, 1.54) is 37.1 Å². The van der Waals surface area contributed by atoms with Gasteiger partial charge in [-0.15, -0.1) is 10.2 Å². The Balaban J connectivity index is 1.39. The third-order valence-electron chi connectivity index (χ3n) is 7.50. The second-order valence-electron chi connectivity index (χ2n) is 11.2. The summed E-state index contributed by atoms with van der Waals surface area (Å²) in [5.74, 6) is 0.253. The lowest BCUT2D eigenvalue weighted by atomic mass is 9.94. The quantitative estimate of drug-likeness (QED) is 0.490. The minimum absolute atomic E-state index is 0.117. The van der Waals surface area contributed by atoms with Crippen molar-refractivity contribution in [2.24, 2.45) is 7.05 Å². The SMILES string of the molecule is COc1cc2c(=O)n(C)cc(F)c2cc1-c1ncc(N(C)[C@H]2C[C@@H]3CCC([C@H]2F)N3C(=O)OC(C)(C)C)nn1. The van der Waals surface area contributed by atoms with Crippen molar-refractivity contribution in [1.29, 1.82) is 0 Å². The van der Waals surface area contributed by atoms with E-state index in [9.17, 15) is 14.0 Å². The van der Waals surface area contributed by atoms with Crippen LogP contribution < -0.4 is 15.2 Å². The topological polar surface area (TPSA) is 103 Å². The number of methoxy groups -OCH3 is 1. The summed E-state index contributed by atoms with van der Waals surface area (Å²) in [6, 6.07) is 1.70. The molecule has 12 heteroatoms. The van der Waals surface area contributed by atoms with Crippen LogP contribution in [0.15, 0.2) is 29.3 Å². The summed E-state index contributed by atoms with van der Waals surface area (Å²) in [6.07, 6.45) is 2.49. The Morgan fingerprint density at radius 2 is 1.92 bits per heavy atom. The molecule has 39 heavy (non-hydrogen) atoms. The Morgan fingerprint density at radius 3 is 2.56 bits per heavy atom. The number of rotatable bonds is 4. The number of aromatic nitrogens is 4. The van der Waals surface area contributed by atoms with E-state index < -0.39 is 35.8 Å². The first kappa shape index (κ1) is 26.8. The van der Waals surface area contributed by atoms with Gasteiger partial charge < -0.3 is 18.9 Å². The maximum absolute atomic E-state index is 15.8. The van der Waals surface area contributed by atoms with Crippen molar-refractivity contribution in [2.75, 3.05) is 19.1 Å². The van der Waals surface area contributed by atoms with Crippen LogP contribution in [0.25, 0.3) is 22.2 Å². The number of nitrogens with zero attached hydrogens (tertiary/aromatic N) is 6. The molecule has 1 aromatic carbocycles. The highest BCUT2D eigenvalue weighted by Crippen LogP contribution is 2.41. The molecule has 2 bridgehead atoms. The molecule has 3 aromatic rings. The summed E-state index contributed by atoms with van der Waals surface area (Å²) >= 11 is 0. The van der Waals surface area contributed by atoms with E-state index in [2.05, 4.69) is 15.2 Å². The lowest BCUT2D eigenvalue weighted by Crippen LogP contribution is -2.59. The lowest BCUT2D eigenvalue weighted by molar-refractivity contribution is -0.0104. The number of carbonyl (C=O) groups excluding carboxylic acids is 1. The fourth-order valence-corrected chi connectivity index (χ4v) is 5.60. The molecule has 208 valence electrons. The highest BCUT2D eigenvalue weighted by Gasteiger charge is 2.52. The van der Waals surface area contributed by atoms with Crippen LogP contribution in [0.2, 0.25) is 0 Å². The van der Waals surface area contributed by atoms with E-state index in [1.54, 1.807) is 37.6 Å². The molecule has 0 N–H and O–H groups in total. The maximum Gasteiger partial charge on any atom is 0.410 e. The molecule has 0 aliphatic carbocycles. The molecule has 2 fully saturated rings. The van der Waals surface area contributed by atoms with Crippen molar-refractivity contribution < 1.29 is 23.0 Å². The molecule has 2 aliphatic rings. The fraction of sp³-hybridized carbons (Fsp3) is 0.519. The van der Waals surface area contributed by atoms with Gasteiger partial charge in [0.15, 0.2) is 11.6 Å². The molecular formula is C27H32F2N6O4. The van der Waals surface area contributed by atoms with Crippen LogP contribution in [0.4, 0.5) is 19.4 Å². The molecule has 0 saturated carbocycles. The highest BCUT2D eigenvalue weighted by molar-refractivity contribution is 5.89. The van der Waals surface area contributed by atoms with E-state index in [0.717, 1.165) is 6.20 Å². The monoisotopic (exact) mass is 542 g/mol. The van der Waals surface area contributed by atoms with Gasteiger partial charge >= 0.3 is 6.09 Å². The van der Waals surface area contributed by atoms with Crippen LogP contribution in [-0.4, -0.2) is 74.8 Å². The van der Waals surface area contributed by atoms with Crippen molar-refractivity contribution in [3.63, 3.8) is 0 Å². The van der Waals surface area contributed by atoms with Gasteiger partial charge in [-0.05, 0) is 52.2 Å². The summed E-state index contributed by atoms with van der Waals surface area (Å²) in [4.78, 5) is 32.9. The van der Waals surface area contributed by atoms with E-state index in [4.69, 9.17) is 9.47 Å². The Labute approximate surface area is 224 Å². The molecule has 1 amide bonds. The molecule has 5 rings (SSSR count). The summed E-state index contributed by atoms with van der Waals surface area (Å²) < 4.78 is 42.6. The Morgan fingerprint density at radius 1 is 1.18 bits per heavy atom. The zero-order chi connectivity index (χ0) is 28.2. The number of hydrogen-bond acceptors (Lipinski definition) is 8. The van der Waals surface area contributed by atoms with Crippen LogP contribution in [0.3, 0.4) is 0 Å². The Bertz CT molecular complexity index is 1470. The number of fused-ring (bicyclic) bond motifs is 3. The number of aryl methyl sites for hydroxylation is 1. The van der Waals surface area contributed by atoms with Gasteiger partial charge in [0, 0.05) is 31.7 Å². The normalized spacial score (nSPS) is 22.7. The summed E-state index contributed by atoms with van der Waals surface area (Å²) in [7, 11) is 4.64. The average Bonchev–Trinajstić information content (AvgIpc) is 3.24. The Hall–Kier alpha value is -3.83. The van der Waals surface area contributed by atoms with Crippen molar-refractivity contribution in [3.8, 4) is 17.1 Å². The number of halogens is 2. The standard InChI is InChI=1S/C27H32F2N6O4/c1-27(2,3)39-26(37)35-14-7-8-19(35)23(29)20(9-14)34(5)22-12-30-24(32-31-22)17-10-15-16(11-21(17)38-6)25(36)33(4)13-18(15)28/h10-14,19-20,23H,7-9H2,1-6H3/t14-,19?,20-,23+/m0/s1. The number of pyridine rings is 1. The number of anilines is 1. The second kappa shape index (κ2) is 9.73. The maximum atomic E-state index is 15.8. The van der Waals surface area contributed by atoms with Gasteiger partial charge in [0.25, 0.3) is 5.56 Å². The molecule has 10 nitrogen and oxygen atoms in total. The number of benzene rings is 1. The van der Waals surface area contributed by atoms with Gasteiger partial charge in [0.2, 0.25) is 0 Å². The molecule has 2 aromatic heterocycles. The zero-order valence-corrected chi connectivity index (χ0v) is 22.8. The average molecular weight is 543 g/mol. The van der Waals surface area contributed by atoms with Crippen LogP contribution in [0.1, 0.15) is 40.0 Å². The number of hydrogen-bond donors (Lipinski definition) is 0. The predicted octanol–water partition coefficient (Wildman–Crippen LogP) is 3.85. The van der Waals surface area contributed by atoms with Crippen molar-refractivity contribution in [1.82, 2.24) is 24.6 Å². The highest BCUT2D eigenvalue weighted by atomic mass is 19.1. The van der Waals surface area contributed by atoms with Gasteiger partial charge in [0.1, 0.15) is 23.3 Å². The zero-order valence-electron chi connectivity index (χ0n) is 22.8. The van der Waals surface area contributed by atoms with Gasteiger partial charge in [-0.25, -0.2) is 18.6 Å². The molecule has 0 spiro atoms. The molecule has 1 unspecified atom stereocenters. The summed E-state index contributed by atoms with van der Waals surface area (Å²) in [5, 5.41) is 8.78. The first-order valence-electron chi connectivity index (χ1n) is 12.8. The predicted molar refractivity (Wildman–Crippen MR) is 141 cm³/mol. The first-order valence-corrected chi connectivity index (χ1v) is 12.8. The lowest BCUT2D eigenvalue weighted by Gasteiger charge is -2.44. The number of ether oxygens (including phenoxy) is 2. The van der Waals surface area contributed by atoms with Crippen molar-refractivity contribution >= 4 is 22.7 Å². The fourth-order valence-electron chi connectivity index (χ4n) is 5.60. The van der Waals surface area contributed by atoms with Crippen LogP contribution >= 0.6 is 0 Å². The third kappa shape index (κ3) is 4.76. The first-order chi connectivity index (χ1) is 18.4. The molecule has 0 radical (unpaired) electrons. The van der Waals surface area contributed by atoms with E-state index in [-0.39, 0.29) is 28.2 Å². The van der Waals surface area contributed by atoms with Gasteiger partial charge in [0.05, 0.1) is 36.3 Å². The number of amides is 1. The Kier molecular flexibility index (Phi) is 6.68. The van der Waals surface area contributed by atoms with Gasteiger partial charge in [-0.3, -0.25) is 9.69 Å². The minimum atomic E-state index is -1.31. The molecule has 2 saturated heterocycles. The molecule has 4 atom stereocenters.